The standard InChI is InChI=1S/C26H24N4O6S/c1-36-26(33)21-9-7-18(8-10-21)15-27-29-25(32)23(17-37-16-19-5-3-2-4-6-19)28-24(31)20-11-13-22(14-12-20)30(34)35/h2-15,23H,16-17H2,1H3,(H,28,31)(H,29,32)/t23-/m0/s1. The number of nitrogens with zero attached hydrogens (tertiary/aromatic N) is 2. The molecule has 0 aliphatic heterocycles. The second-order valence-electron chi connectivity index (χ2n) is 7.68. The van der Waals surface area contributed by atoms with Crippen LogP contribution in [0.1, 0.15) is 31.8 Å². The van der Waals surface area contributed by atoms with Gasteiger partial charge in [0.05, 0.1) is 23.8 Å². The molecule has 0 aliphatic rings. The number of esters is 1. The number of nitrogens with one attached hydrogen (secondary N) is 2. The molecular formula is C26H24N4O6S. The molecule has 1 atom stereocenters. The number of amides is 2. The lowest BCUT2D eigenvalue weighted by molar-refractivity contribution is -0.384. The molecule has 11 heteroatoms. The number of benzene rings is 3. The van der Waals surface area contributed by atoms with Crippen molar-refractivity contribution in [3.63, 3.8) is 0 Å². The molecule has 2 amide bonds. The van der Waals surface area contributed by atoms with Crippen molar-refractivity contribution in [2.75, 3.05) is 12.9 Å². The van der Waals surface area contributed by atoms with Gasteiger partial charge in [0.2, 0.25) is 0 Å². The molecule has 0 aliphatic carbocycles. The predicted octanol–water partition coefficient (Wildman–Crippen LogP) is 3.56. The quantitative estimate of drug-likeness (QED) is 0.170. The minimum absolute atomic E-state index is 0.141. The Kier molecular flexibility index (Phi) is 9.91. The number of hydrogen-bond donors (Lipinski definition) is 2. The highest BCUT2D eigenvalue weighted by Gasteiger charge is 2.22. The van der Waals surface area contributed by atoms with Gasteiger partial charge in [0.25, 0.3) is 17.5 Å². The summed E-state index contributed by atoms with van der Waals surface area (Å²) < 4.78 is 4.66. The maximum atomic E-state index is 12.9. The first-order valence-electron chi connectivity index (χ1n) is 11.1. The zero-order chi connectivity index (χ0) is 26.6. The lowest BCUT2D eigenvalue weighted by Gasteiger charge is -2.17. The van der Waals surface area contributed by atoms with Gasteiger partial charge in [-0.05, 0) is 35.4 Å². The summed E-state index contributed by atoms with van der Waals surface area (Å²) in [6.45, 7) is 0. The first-order chi connectivity index (χ1) is 17.9. The van der Waals surface area contributed by atoms with Crippen LogP contribution in [0.15, 0.2) is 84.0 Å². The molecule has 0 saturated carbocycles. The molecular weight excluding hydrogens is 496 g/mol. The predicted molar refractivity (Wildman–Crippen MR) is 140 cm³/mol. The van der Waals surface area contributed by atoms with Crippen LogP contribution < -0.4 is 10.7 Å². The van der Waals surface area contributed by atoms with Gasteiger partial charge in [0.15, 0.2) is 0 Å². The average Bonchev–Trinajstić information content (AvgIpc) is 2.93. The highest BCUT2D eigenvalue weighted by molar-refractivity contribution is 7.98. The van der Waals surface area contributed by atoms with Crippen LogP contribution in [0.25, 0.3) is 0 Å². The van der Waals surface area contributed by atoms with E-state index in [0.29, 0.717) is 16.9 Å². The maximum absolute atomic E-state index is 12.9. The molecule has 0 bridgehead atoms. The van der Waals surface area contributed by atoms with Crippen LogP contribution in [0.3, 0.4) is 0 Å². The summed E-state index contributed by atoms with van der Waals surface area (Å²) in [5, 5.41) is 17.5. The fourth-order valence-corrected chi connectivity index (χ4v) is 4.12. The molecule has 10 nitrogen and oxygen atoms in total. The number of methoxy groups -OCH3 is 1. The van der Waals surface area contributed by atoms with E-state index in [1.54, 1.807) is 24.3 Å². The van der Waals surface area contributed by atoms with Gasteiger partial charge in [-0.25, -0.2) is 10.2 Å². The number of nitro benzene ring substituents is 1. The fraction of sp³-hybridized carbons (Fsp3) is 0.154. The van der Waals surface area contributed by atoms with Gasteiger partial charge in [0.1, 0.15) is 6.04 Å². The van der Waals surface area contributed by atoms with Crippen LogP contribution in [-0.2, 0) is 15.3 Å². The Bertz CT molecular complexity index is 1260. The first kappa shape index (κ1) is 27.1. The maximum Gasteiger partial charge on any atom is 0.337 e. The summed E-state index contributed by atoms with van der Waals surface area (Å²) in [5.41, 5.74) is 4.57. The second kappa shape index (κ2) is 13.5. The summed E-state index contributed by atoms with van der Waals surface area (Å²) in [6.07, 6.45) is 1.41. The molecule has 0 saturated heterocycles. The Morgan fingerprint density at radius 2 is 1.65 bits per heavy atom. The van der Waals surface area contributed by atoms with Crippen molar-refractivity contribution < 1.29 is 24.0 Å². The van der Waals surface area contributed by atoms with Gasteiger partial charge in [-0.15, -0.1) is 0 Å². The number of hydrazone groups is 1. The molecule has 37 heavy (non-hydrogen) atoms. The van der Waals surface area contributed by atoms with Gasteiger partial charge < -0.3 is 10.1 Å². The zero-order valence-electron chi connectivity index (χ0n) is 19.8. The number of carbonyl (C=O) groups excluding carboxylic acids is 3. The van der Waals surface area contributed by atoms with Gasteiger partial charge in [-0.3, -0.25) is 19.7 Å². The molecule has 3 aromatic rings. The normalized spacial score (nSPS) is 11.5. The number of hydrogen-bond acceptors (Lipinski definition) is 8. The van der Waals surface area contributed by atoms with E-state index in [2.05, 4.69) is 20.6 Å². The van der Waals surface area contributed by atoms with Gasteiger partial charge in [0, 0.05) is 29.2 Å². The van der Waals surface area contributed by atoms with Crippen LogP contribution in [0.5, 0.6) is 0 Å². The summed E-state index contributed by atoms with van der Waals surface area (Å²) in [4.78, 5) is 47.4. The van der Waals surface area contributed by atoms with E-state index in [-0.39, 0.29) is 17.0 Å². The summed E-state index contributed by atoms with van der Waals surface area (Å²) >= 11 is 1.46. The molecule has 0 heterocycles. The molecule has 3 aromatic carbocycles. The van der Waals surface area contributed by atoms with Crippen molar-refractivity contribution >= 4 is 41.4 Å². The third-order valence-electron chi connectivity index (χ3n) is 5.08. The molecule has 0 fully saturated rings. The van der Waals surface area contributed by atoms with E-state index in [0.717, 1.165) is 5.56 Å². The highest BCUT2D eigenvalue weighted by Crippen LogP contribution is 2.15. The van der Waals surface area contributed by atoms with Crippen LogP contribution in [-0.4, -0.2) is 47.8 Å². The van der Waals surface area contributed by atoms with Crippen LogP contribution >= 0.6 is 11.8 Å². The number of carbonyl (C=O) groups is 3. The van der Waals surface area contributed by atoms with E-state index in [1.165, 1.54) is 49.4 Å². The fourth-order valence-electron chi connectivity index (χ4n) is 3.10. The Balaban J connectivity index is 1.65. The van der Waals surface area contributed by atoms with Gasteiger partial charge in [-0.2, -0.15) is 16.9 Å². The highest BCUT2D eigenvalue weighted by atomic mass is 32.2. The smallest absolute Gasteiger partial charge is 0.337 e. The lowest BCUT2D eigenvalue weighted by atomic mass is 10.1. The van der Waals surface area contributed by atoms with Crippen molar-refractivity contribution in [1.82, 2.24) is 10.7 Å². The Morgan fingerprint density at radius 3 is 2.27 bits per heavy atom. The molecule has 0 aromatic heterocycles. The molecule has 2 N–H and O–H groups in total. The zero-order valence-corrected chi connectivity index (χ0v) is 20.6. The number of thioether (sulfide) groups is 1. The minimum Gasteiger partial charge on any atom is -0.465 e. The van der Waals surface area contributed by atoms with Crippen LogP contribution in [0.2, 0.25) is 0 Å². The largest absolute Gasteiger partial charge is 0.465 e. The number of rotatable bonds is 11. The minimum atomic E-state index is -0.921. The Labute approximate surface area is 217 Å². The molecule has 3 rings (SSSR count). The van der Waals surface area contributed by atoms with E-state index < -0.39 is 28.7 Å². The lowest BCUT2D eigenvalue weighted by Crippen LogP contribution is -2.47. The van der Waals surface area contributed by atoms with Gasteiger partial charge >= 0.3 is 5.97 Å². The molecule has 0 spiro atoms. The van der Waals surface area contributed by atoms with Gasteiger partial charge in [-0.1, -0.05) is 42.5 Å². The third-order valence-corrected chi connectivity index (χ3v) is 6.18. The summed E-state index contributed by atoms with van der Waals surface area (Å²) in [6, 6.07) is 20.3. The van der Waals surface area contributed by atoms with E-state index in [9.17, 15) is 24.5 Å². The third kappa shape index (κ3) is 8.29. The van der Waals surface area contributed by atoms with Crippen molar-refractivity contribution in [1.29, 1.82) is 0 Å². The van der Waals surface area contributed by atoms with E-state index in [4.69, 9.17) is 0 Å². The summed E-state index contributed by atoms with van der Waals surface area (Å²) in [7, 11) is 1.29. The first-order valence-corrected chi connectivity index (χ1v) is 12.2. The summed E-state index contributed by atoms with van der Waals surface area (Å²) in [5.74, 6) is -0.635. The van der Waals surface area contributed by atoms with E-state index in [1.807, 2.05) is 30.3 Å². The SMILES string of the molecule is COC(=O)c1ccc(C=NNC(=O)[C@H](CSCc2ccccc2)NC(=O)c2ccc([N+](=O)[O-])cc2)cc1. The van der Waals surface area contributed by atoms with Crippen LogP contribution in [0.4, 0.5) is 5.69 Å². The Hall–Kier alpha value is -4.51. The molecule has 190 valence electrons. The van der Waals surface area contributed by atoms with Crippen molar-refractivity contribution in [2.24, 2.45) is 5.10 Å². The van der Waals surface area contributed by atoms with Crippen LogP contribution in [0, 0.1) is 10.1 Å². The van der Waals surface area contributed by atoms with E-state index >= 15 is 0 Å². The number of non-ortho nitro benzene ring substituents is 1. The van der Waals surface area contributed by atoms with Crippen molar-refractivity contribution in [3.8, 4) is 0 Å². The monoisotopic (exact) mass is 520 g/mol. The topological polar surface area (TPSA) is 140 Å². The molecule has 0 radical (unpaired) electrons. The number of nitro groups is 1. The second-order valence-corrected chi connectivity index (χ2v) is 8.71. The Morgan fingerprint density at radius 1 is 1.00 bits per heavy atom. The number of ether oxygens (including phenoxy) is 1. The molecule has 0 unspecified atom stereocenters. The average molecular weight is 521 g/mol. The van der Waals surface area contributed by atoms with Crippen molar-refractivity contribution in [3.05, 3.63) is 111 Å². The van der Waals surface area contributed by atoms with Crippen molar-refractivity contribution in [2.45, 2.75) is 11.8 Å².